The van der Waals surface area contributed by atoms with Crippen molar-refractivity contribution in [2.24, 2.45) is 5.73 Å². The minimum absolute atomic E-state index is 0.134. The molecular weight excluding hydrogens is 228 g/mol. The molecule has 0 amide bonds. The Morgan fingerprint density at radius 1 is 1.33 bits per heavy atom. The van der Waals surface area contributed by atoms with Crippen LogP contribution in [0, 0.1) is 0 Å². The molecule has 18 heavy (non-hydrogen) atoms. The molecule has 3 unspecified atom stereocenters. The maximum atomic E-state index is 6.16. The van der Waals surface area contributed by atoms with E-state index < -0.39 is 0 Å². The molecular formula is C14H28N2O2. The highest BCUT2D eigenvalue weighted by Crippen LogP contribution is 2.32. The number of morpholine rings is 1. The highest BCUT2D eigenvalue weighted by atomic mass is 16.5. The van der Waals surface area contributed by atoms with Gasteiger partial charge in [-0.3, -0.25) is 4.90 Å². The van der Waals surface area contributed by atoms with Gasteiger partial charge in [0.15, 0.2) is 0 Å². The Balaban J connectivity index is 2.16. The van der Waals surface area contributed by atoms with Crippen molar-refractivity contribution < 1.29 is 9.47 Å². The van der Waals surface area contributed by atoms with E-state index in [0.29, 0.717) is 12.1 Å². The molecule has 2 N–H and O–H groups in total. The Labute approximate surface area is 111 Å². The Kier molecular flexibility index (Phi) is 5.01. The fourth-order valence-electron chi connectivity index (χ4n) is 3.36. The fraction of sp³-hybridized carbons (Fsp3) is 1.00. The van der Waals surface area contributed by atoms with Crippen molar-refractivity contribution in [3.63, 3.8) is 0 Å². The topological polar surface area (TPSA) is 47.7 Å². The summed E-state index contributed by atoms with van der Waals surface area (Å²) in [6.45, 7) is 8.73. The molecule has 2 heterocycles. The smallest absolute Gasteiger partial charge is 0.0675 e. The summed E-state index contributed by atoms with van der Waals surface area (Å²) in [5.41, 5.74) is 6.30. The van der Waals surface area contributed by atoms with Crippen LogP contribution in [0.3, 0.4) is 0 Å². The Morgan fingerprint density at radius 2 is 2.17 bits per heavy atom. The Bertz CT molecular complexity index is 252. The van der Waals surface area contributed by atoms with Crippen molar-refractivity contribution >= 4 is 0 Å². The molecule has 0 aromatic rings. The second kappa shape index (κ2) is 6.33. The standard InChI is InChI=1S/C14H28N2O2/c1-3-13-10-18-12(2)9-16(13)14(11-15)5-4-7-17-8-6-14/h12-13H,3-11,15H2,1-2H3. The number of rotatable bonds is 3. The van der Waals surface area contributed by atoms with E-state index in [4.69, 9.17) is 15.2 Å². The second-order valence-corrected chi connectivity index (χ2v) is 5.75. The third kappa shape index (κ3) is 2.87. The van der Waals surface area contributed by atoms with Crippen molar-refractivity contribution in [1.29, 1.82) is 0 Å². The number of hydrogen-bond donors (Lipinski definition) is 1. The molecule has 0 aromatic heterocycles. The Hall–Kier alpha value is -0.160. The van der Waals surface area contributed by atoms with Crippen LogP contribution < -0.4 is 5.73 Å². The number of nitrogens with zero attached hydrogens (tertiary/aromatic N) is 1. The summed E-state index contributed by atoms with van der Waals surface area (Å²) in [5, 5.41) is 0. The maximum Gasteiger partial charge on any atom is 0.0675 e. The summed E-state index contributed by atoms with van der Waals surface area (Å²) >= 11 is 0. The quantitative estimate of drug-likeness (QED) is 0.829. The molecule has 0 saturated carbocycles. The number of nitrogens with two attached hydrogens (primary N) is 1. The van der Waals surface area contributed by atoms with Crippen molar-refractivity contribution in [2.75, 3.05) is 32.9 Å². The first-order valence-electron chi connectivity index (χ1n) is 7.38. The molecule has 0 spiro atoms. The van der Waals surface area contributed by atoms with Gasteiger partial charge in [-0.1, -0.05) is 6.92 Å². The Morgan fingerprint density at radius 3 is 2.89 bits per heavy atom. The molecule has 4 heteroatoms. The van der Waals surface area contributed by atoms with Crippen LogP contribution in [-0.2, 0) is 9.47 Å². The number of hydrogen-bond acceptors (Lipinski definition) is 4. The molecule has 2 saturated heterocycles. The van der Waals surface area contributed by atoms with E-state index in [-0.39, 0.29) is 5.54 Å². The molecule has 3 atom stereocenters. The summed E-state index contributed by atoms with van der Waals surface area (Å²) < 4.78 is 11.4. The average Bonchev–Trinajstić information content (AvgIpc) is 2.65. The van der Waals surface area contributed by atoms with Crippen LogP contribution in [0.15, 0.2) is 0 Å². The first kappa shape index (κ1) is 14.3. The highest BCUT2D eigenvalue weighted by molar-refractivity contribution is 4.97. The predicted octanol–water partition coefficient (Wildman–Crippen LogP) is 1.38. The van der Waals surface area contributed by atoms with Gasteiger partial charge in [0.1, 0.15) is 0 Å². The van der Waals surface area contributed by atoms with Gasteiger partial charge >= 0.3 is 0 Å². The summed E-state index contributed by atoms with van der Waals surface area (Å²) in [5.74, 6) is 0. The normalized spacial score (nSPS) is 39.5. The third-order valence-electron chi connectivity index (χ3n) is 4.57. The fourth-order valence-corrected chi connectivity index (χ4v) is 3.36. The molecule has 4 nitrogen and oxygen atoms in total. The molecule has 106 valence electrons. The van der Waals surface area contributed by atoms with Gasteiger partial charge in [-0.25, -0.2) is 0 Å². The van der Waals surface area contributed by atoms with Gasteiger partial charge in [-0.2, -0.15) is 0 Å². The zero-order valence-corrected chi connectivity index (χ0v) is 11.9. The van der Waals surface area contributed by atoms with E-state index in [0.717, 1.165) is 58.6 Å². The van der Waals surface area contributed by atoms with Crippen LogP contribution in [0.2, 0.25) is 0 Å². The molecule has 2 rings (SSSR count). The lowest BCUT2D eigenvalue weighted by molar-refractivity contribution is -0.103. The molecule has 0 aromatic carbocycles. The van der Waals surface area contributed by atoms with Crippen molar-refractivity contribution in [1.82, 2.24) is 4.90 Å². The molecule has 0 aliphatic carbocycles. The highest BCUT2D eigenvalue weighted by Gasteiger charge is 2.41. The number of ether oxygens (including phenoxy) is 2. The predicted molar refractivity (Wildman–Crippen MR) is 72.7 cm³/mol. The monoisotopic (exact) mass is 256 g/mol. The average molecular weight is 256 g/mol. The molecule has 2 aliphatic rings. The van der Waals surface area contributed by atoms with E-state index in [1.54, 1.807) is 0 Å². The lowest BCUT2D eigenvalue weighted by atomic mass is 9.86. The minimum atomic E-state index is 0.134. The molecule has 2 aliphatic heterocycles. The van der Waals surface area contributed by atoms with Crippen molar-refractivity contribution in [2.45, 2.75) is 57.2 Å². The summed E-state index contributed by atoms with van der Waals surface area (Å²) in [7, 11) is 0. The summed E-state index contributed by atoms with van der Waals surface area (Å²) in [6.07, 6.45) is 4.80. The van der Waals surface area contributed by atoms with Crippen LogP contribution >= 0.6 is 0 Å². The van der Waals surface area contributed by atoms with Crippen LogP contribution in [0.5, 0.6) is 0 Å². The van der Waals surface area contributed by atoms with Crippen LogP contribution in [0.4, 0.5) is 0 Å². The van der Waals surface area contributed by atoms with Gasteiger partial charge in [0, 0.05) is 37.9 Å². The van der Waals surface area contributed by atoms with E-state index >= 15 is 0 Å². The lowest BCUT2D eigenvalue weighted by Crippen LogP contribution is -2.63. The zero-order valence-electron chi connectivity index (χ0n) is 11.9. The van der Waals surface area contributed by atoms with Crippen LogP contribution in [-0.4, -0.2) is 55.5 Å². The molecule has 0 bridgehead atoms. The van der Waals surface area contributed by atoms with E-state index in [2.05, 4.69) is 18.7 Å². The SMILES string of the molecule is CCC1COC(C)CN1C1(CN)CCCOCC1. The van der Waals surface area contributed by atoms with E-state index in [1.165, 1.54) is 0 Å². The van der Waals surface area contributed by atoms with Gasteiger partial charge in [0.2, 0.25) is 0 Å². The van der Waals surface area contributed by atoms with Crippen LogP contribution in [0.1, 0.15) is 39.5 Å². The second-order valence-electron chi connectivity index (χ2n) is 5.75. The van der Waals surface area contributed by atoms with Gasteiger partial charge in [0.25, 0.3) is 0 Å². The van der Waals surface area contributed by atoms with Crippen molar-refractivity contribution in [3.8, 4) is 0 Å². The first-order valence-corrected chi connectivity index (χ1v) is 7.38. The maximum absolute atomic E-state index is 6.16. The van der Waals surface area contributed by atoms with E-state index in [9.17, 15) is 0 Å². The molecule has 0 radical (unpaired) electrons. The van der Waals surface area contributed by atoms with Crippen LogP contribution in [0.25, 0.3) is 0 Å². The van der Waals surface area contributed by atoms with Gasteiger partial charge in [-0.05, 0) is 32.6 Å². The van der Waals surface area contributed by atoms with Gasteiger partial charge in [-0.15, -0.1) is 0 Å². The van der Waals surface area contributed by atoms with Gasteiger partial charge in [0.05, 0.1) is 12.7 Å². The third-order valence-corrected chi connectivity index (χ3v) is 4.57. The lowest BCUT2D eigenvalue weighted by Gasteiger charge is -2.50. The zero-order chi connectivity index (χ0) is 13.0. The minimum Gasteiger partial charge on any atom is -0.381 e. The largest absolute Gasteiger partial charge is 0.381 e. The first-order chi connectivity index (χ1) is 8.72. The molecule has 2 fully saturated rings. The van der Waals surface area contributed by atoms with E-state index in [1.807, 2.05) is 0 Å². The van der Waals surface area contributed by atoms with Gasteiger partial charge < -0.3 is 15.2 Å². The summed E-state index contributed by atoms with van der Waals surface area (Å²) in [4.78, 5) is 2.63. The van der Waals surface area contributed by atoms with Crippen molar-refractivity contribution in [3.05, 3.63) is 0 Å². The summed E-state index contributed by atoms with van der Waals surface area (Å²) in [6, 6.07) is 0.517.